The van der Waals surface area contributed by atoms with Crippen LogP contribution >= 0.6 is 31.9 Å². The summed E-state index contributed by atoms with van der Waals surface area (Å²) in [6.45, 7) is 3.88. The molecule has 3 nitrogen and oxygen atoms in total. The van der Waals surface area contributed by atoms with Crippen LogP contribution in [0, 0.1) is 5.82 Å². The van der Waals surface area contributed by atoms with Crippen molar-refractivity contribution in [2.24, 2.45) is 0 Å². The number of hydrogen-bond acceptors (Lipinski definition) is 2. The summed E-state index contributed by atoms with van der Waals surface area (Å²) in [5.74, 6) is -0.593. The normalized spacial score (nSPS) is 11.1. The van der Waals surface area contributed by atoms with Crippen molar-refractivity contribution >= 4 is 37.6 Å². The Balaban J connectivity index is 2.53. The average molecular weight is 390 g/mol. The summed E-state index contributed by atoms with van der Waals surface area (Å²) < 4.78 is 15.8. The first-order valence-corrected chi connectivity index (χ1v) is 7.23. The zero-order valence-corrected chi connectivity index (χ0v) is 13.5. The second-order valence-electron chi connectivity index (χ2n) is 4.33. The van der Waals surface area contributed by atoms with Gasteiger partial charge in [0.25, 0.3) is 0 Å². The molecule has 0 N–H and O–H groups in total. The van der Waals surface area contributed by atoms with E-state index >= 15 is 0 Å². The van der Waals surface area contributed by atoms with E-state index in [9.17, 15) is 9.18 Å². The van der Waals surface area contributed by atoms with Gasteiger partial charge in [-0.1, -0.05) is 0 Å². The predicted octanol–water partition coefficient (Wildman–Crippen LogP) is 4.36. The lowest BCUT2D eigenvalue weighted by Crippen LogP contribution is -2.14. The Kier molecular flexibility index (Phi) is 4.20. The number of rotatable bonds is 3. The SMILES string of the molecule is CC(C)n1ncc(Br)c1C(=O)c1ccc(F)cc1Br. The van der Waals surface area contributed by atoms with E-state index in [0.29, 0.717) is 20.2 Å². The average Bonchev–Trinajstić information content (AvgIpc) is 2.70. The molecule has 100 valence electrons. The van der Waals surface area contributed by atoms with Crippen molar-refractivity contribution in [2.45, 2.75) is 19.9 Å². The van der Waals surface area contributed by atoms with Crippen LogP contribution in [0.4, 0.5) is 4.39 Å². The van der Waals surface area contributed by atoms with Crippen LogP contribution in [-0.4, -0.2) is 15.6 Å². The quantitative estimate of drug-likeness (QED) is 0.731. The molecule has 0 saturated heterocycles. The minimum Gasteiger partial charge on any atom is -0.287 e. The van der Waals surface area contributed by atoms with Gasteiger partial charge in [0.05, 0.1) is 10.7 Å². The molecule has 0 amide bonds. The number of carbonyl (C=O) groups is 1. The molecular formula is C13H11Br2FN2O. The third kappa shape index (κ3) is 2.79. The third-order valence-electron chi connectivity index (χ3n) is 2.63. The lowest BCUT2D eigenvalue weighted by molar-refractivity contribution is 0.102. The van der Waals surface area contributed by atoms with Crippen LogP contribution in [-0.2, 0) is 0 Å². The van der Waals surface area contributed by atoms with Crippen molar-refractivity contribution in [2.75, 3.05) is 0 Å². The fourth-order valence-corrected chi connectivity index (χ4v) is 2.73. The van der Waals surface area contributed by atoms with Gasteiger partial charge < -0.3 is 0 Å². The van der Waals surface area contributed by atoms with Crippen molar-refractivity contribution in [3.05, 3.63) is 50.4 Å². The standard InChI is InChI=1S/C13H11Br2FN2O/c1-7(2)18-12(11(15)6-17-18)13(19)9-4-3-8(16)5-10(9)14/h3-7H,1-2H3. The molecule has 19 heavy (non-hydrogen) atoms. The second-order valence-corrected chi connectivity index (χ2v) is 6.04. The first-order valence-electron chi connectivity index (χ1n) is 5.64. The van der Waals surface area contributed by atoms with Gasteiger partial charge in [-0.15, -0.1) is 0 Å². The number of benzene rings is 1. The molecule has 1 aromatic carbocycles. The smallest absolute Gasteiger partial charge is 0.213 e. The van der Waals surface area contributed by atoms with Crippen LogP contribution in [0.1, 0.15) is 35.9 Å². The largest absolute Gasteiger partial charge is 0.287 e. The zero-order chi connectivity index (χ0) is 14.2. The highest BCUT2D eigenvalue weighted by molar-refractivity contribution is 9.10. The van der Waals surface area contributed by atoms with Crippen LogP contribution in [0.25, 0.3) is 0 Å². The molecule has 0 unspecified atom stereocenters. The highest BCUT2D eigenvalue weighted by Gasteiger charge is 2.22. The maximum absolute atomic E-state index is 13.1. The molecule has 0 aliphatic rings. The molecule has 0 aliphatic carbocycles. The lowest BCUT2D eigenvalue weighted by Gasteiger charge is -2.11. The molecule has 0 fully saturated rings. The summed E-state index contributed by atoms with van der Waals surface area (Å²) >= 11 is 6.54. The van der Waals surface area contributed by atoms with Crippen molar-refractivity contribution in [1.82, 2.24) is 9.78 Å². The van der Waals surface area contributed by atoms with E-state index in [4.69, 9.17) is 0 Å². The molecule has 2 aromatic rings. The van der Waals surface area contributed by atoms with E-state index in [-0.39, 0.29) is 17.6 Å². The van der Waals surface area contributed by atoms with Gasteiger partial charge in [0.1, 0.15) is 11.5 Å². The maximum atomic E-state index is 13.1. The summed E-state index contributed by atoms with van der Waals surface area (Å²) in [5.41, 5.74) is 0.867. The molecule has 0 atom stereocenters. The Bertz CT molecular complexity index is 638. The van der Waals surface area contributed by atoms with E-state index in [1.807, 2.05) is 13.8 Å². The van der Waals surface area contributed by atoms with E-state index in [1.54, 1.807) is 10.9 Å². The second kappa shape index (κ2) is 5.54. The maximum Gasteiger partial charge on any atom is 0.213 e. The molecule has 0 saturated carbocycles. The monoisotopic (exact) mass is 388 g/mol. The first-order chi connectivity index (χ1) is 8.91. The van der Waals surface area contributed by atoms with Gasteiger partial charge in [-0.2, -0.15) is 5.10 Å². The van der Waals surface area contributed by atoms with Crippen molar-refractivity contribution in [3.63, 3.8) is 0 Å². The number of halogens is 3. The highest BCUT2D eigenvalue weighted by atomic mass is 79.9. The minimum absolute atomic E-state index is 0.0597. The molecule has 0 aliphatic heterocycles. The topological polar surface area (TPSA) is 34.9 Å². The number of hydrogen-bond donors (Lipinski definition) is 0. The van der Waals surface area contributed by atoms with Crippen LogP contribution in [0.2, 0.25) is 0 Å². The van der Waals surface area contributed by atoms with Gasteiger partial charge in [-0.05, 0) is 63.9 Å². The van der Waals surface area contributed by atoms with Gasteiger partial charge >= 0.3 is 0 Å². The molecular weight excluding hydrogens is 379 g/mol. The predicted molar refractivity (Wildman–Crippen MR) is 77.8 cm³/mol. The van der Waals surface area contributed by atoms with Crippen molar-refractivity contribution < 1.29 is 9.18 Å². The number of ketones is 1. The van der Waals surface area contributed by atoms with Crippen LogP contribution in [0.3, 0.4) is 0 Å². The fraction of sp³-hybridized carbons (Fsp3) is 0.231. The number of nitrogens with zero attached hydrogens (tertiary/aromatic N) is 2. The summed E-state index contributed by atoms with van der Waals surface area (Å²) in [4.78, 5) is 12.5. The Hall–Kier alpha value is -1.01. The van der Waals surface area contributed by atoms with E-state index in [0.717, 1.165) is 0 Å². The van der Waals surface area contributed by atoms with Crippen molar-refractivity contribution in [3.8, 4) is 0 Å². The molecule has 1 heterocycles. The number of aromatic nitrogens is 2. The highest BCUT2D eigenvalue weighted by Crippen LogP contribution is 2.26. The minimum atomic E-state index is -0.389. The molecule has 2 rings (SSSR count). The summed E-state index contributed by atoms with van der Waals surface area (Å²) in [6.07, 6.45) is 1.59. The van der Waals surface area contributed by atoms with Gasteiger partial charge in [-0.25, -0.2) is 4.39 Å². The van der Waals surface area contributed by atoms with Crippen molar-refractivity contribution in [1.29, 1.82) is 0 Å². The van der Waals surface area contributed by atoms with Crippen LogP contribution in [0.5, 0.6) is 0 Å². The lowest BCUT2D eigenvalue weighted by atomic mass is 10.1. The van der Waals surface area contributed by atoms with Gasteiger partial charge in [0, 0.05) is 16.1 Å². The van der Waals surface area contributed by atoms with E-state index in [2.05, 4.69) is 37.0 Å². The number of carbonyl (C=O) groups excluding carboxylic acids is 1. The van der Waals surface area contributed by atoms with Gasteiger partial charge in [0.2, 0.25) is 5.78 Å². The van der Waals surface area contributed by atoms with Crippen LogP contribution in [0.15, 0.2) is 33.3 Å². The summed E-state index contributed by atoms with van der Waals surface area (Å²) in [7, 11) is 0. The Morgan fingerprint density at radius 3 is 2.58 bits per heavy atom. The molecule has 1 aromatic heterocycles. The van der Waals surface area contributed by atoms with Gasteiger partial charge in [-0.3, -0.25) is 9.48 Å². The summed E-state index contributed by atoms with van der Waals surface area (Å²) in [5, 5.41) is 4.17. The Morgan fingerprint density at radius 2 is 2.00 bits per heavy atom. The third-order valence-corrected chi connectivity index (χ3v) is 3.87. The molecule has 6 heteroatoms. The molecule has 0 spiro atoms. The first kappa shape index (κ1) is 14.4. The van der Waals surface area contributed by atoms with Gasteiger partial charge in [0.15, 0.2) is 0 Å². The Morgan fingerprint density at radius 1 is 1.32 bits per heavy atom. The van der Waals surface area contributed by atoms with Crippen LogP contribution < -0.4 is 0 Å². The fourth-order valence-electron chi connectivity index (χ4n) is 1.75. The van der Waals surface area contributed by atoms with E-state index in [1.165, 1.54) is 18.2 Å². The zero-order valence-electron chi connectivity index (χ0n) is 10.3. The Labute approximate surface area is 127 Å². The van der Waals surface area contributed by atoms with E-state index < -0.39 is 0 Å². The summed E-state index contributed by atoms with van der Waals surface area (Å²) in [6, 6.07) is 4.06. The molecule has 0 bridgehead atoms. The molecule has 0 radical (unpaired) electrons.